The fourth-order valence-electron chi connectivity index (χ4n) is 2.49. The standard InChI is InChI=1S/C17H18N2O2S/c20-16(19-17-18-8-11-22-17)15(14-4-2-1-3-5-14)12-13-6-9-21-10-7-13/h1-5,8,11-13H,6-7,9-10H2,(H,18,19,20). The van der Waals surface area contributed by atoms with E-state index in [1.165, 1.54) is 11.3 Å². The minimum atomic E-state index is -0.104. The number of hydrogen-bond acceptors (Lipinski definition) is 4. The van der Waals surface area contributed by atoms with E-state index in [4.69, 9.17) is 4.74 Å². The monoisotopic (exact) mass is 314 g/mol. The number of nitrogens with one attached hydrogen (secondary N) is 1. The number of aromatic nitrogens is 1. The molecule has 2 aromatic rings. The van der Waals surface area contributed by atoms with Gasteiger partial charge in [-0.2, -0.15) is 0 Å². The van der Waals surface area contributed by atoms with Gasteiger partial charge >= 0.3 is 0 Å². The van der Waals surface area contributed by atoms with Crippen LogP contribution in [0.1, 0.15) is 18.4 Å². The lowest BCUT2D eigenvalue weighted by Gasteiger charge is -2.20. The predicted octanol–water partition coefficient (Wildman–Crippen LogP) is 3.59. The van der Waals surface area contributed by atoms with Crippen molar-refractivity contribution in [2.75, 3.05) is 18.5 Å². The third-order valence-electron chi connectivity index (χ3n) is 3.65. The molecule has 1 aromatic carbocycles. The second-order valence-electron chi connectivity index (χ2n) is 5.19. The Balaban J connectivity index is 1.85. The second-order valence-corrected chi connectivity index (χ2v) is 6.08. The Bertz CT molecular complexity index is 632. The fraction of sp³-hybridized carbons (Fsp3) is 0.294. The SMILES string of the molecule is O=C(Nc1nccs1)C(=CC1CCOCC1)c1ccccc1. The molecular formula is C17H18N2O2S. The van der Waals surface area contributed by atoms with Crippen molar-refractivity contribution in [2.45, 2.75) is 12.8 Å². The first-order chi connectivity index (χ1) is 10.8. The largest absolute Gasteiger partial charge is 0.381 e. The van der Waals surface area contributed by atoms with Gasteiger partial charge in [-0.05, 0) is 24.3 Å². The van der Waals surface area contributed by atoms with Gasteiger partial charge in [-0.1, -0.05) is 36.4 Å². The molecule has 0 unspecified atom stereocenters. The Morgan fingerprint density at radius 2 is 2.05 bits per heavy atom. The van der Waals surface area contributed by atoms with Gasteiger partial charge in [0.05, 0.1) is 0 Å². The van der Waals surface area contributed by atoms with Crippen LogP contribution in [-0.2, 0) is 9.53 Å². The highest BCUT2D eigenvalue weighted by Gasteiger charge is 2.18. The maximum Gasteiger partial charge on any atom is 0.257 e. The molecule has 1 fully saturated rings. The van der Waals surface area contributed by atoms with E-state index in [-0.39, 0.29) is 5.91 Å². The molecule has 1 N–H and O–H groups in total. The molecule has 0 spiro atoms. The van der Waals surface area contributed by atoms with Crippen molar-refractivity contribution in [2.24, 2.45) is 5.92 Å². The Morgan fingerprint density at radius 3 is 2.73 bits per heavy atom. The third-order valence-corrected chi connectivity index (χ3v) is 4.34. The van der Waals surface area contributed by atoms with Crippen molar-refractivity contribution in [1.82, 2.24) is 4.98 Å². The summed E-state index contributed by atoms with van der Waals surface area (Å²) in [5.41, 5.74) is 1.64. The first kappa shape index (κ1) is 14.9. The van der Waals surface area contributed by atoms with Gasteiger partial charge in [0, 0.05) is 30.4 Å². The number of rotatable bonds is 4. The number of nitrogens with zero attached hydrogens (tertiary/aromatic N) is 1. The lowest BCUT2D eigenvalue weighted by atomic mass is 9.94. The van der Waals surface area contributed by atoms with E-state index in [1.54, 1.807) is 6.20 Å². The summed E-state index contributed by atoms with van der Waals surface area (Å²) in [6.45, 7) is 1.52. The minimum absolute atomic E-state index is 0.104. The number of anilines is 1. The van der Waals surface area contributed by atoms with Crippen LogP contribution in [0.25, 0.3) is 5.57 Å². The van der Waals surface area contributed by atoms with Crippen LogP contribution >= 0.6 is 11.3 Å². The van der Waals surface area contributed by atoms with Crippen molar-refractivity contribution in [3.63, 3.8) is 0 Å². The number of hydrogen-bond donors (Lipinski definition) is 1. The number of carbonyl (C=O) groups excluding carboxylic acids is 1. The molecule has 0 atom stereocenters. The maximum absolute atomic E-state index is 12.6. The van der Waals surface area contributed by atoms with Gasteiger partial charge in [-0.3, -0.25) is 10.1 Å². The number of allylic oxidation sites excluding steroid dienone is 1. The Kier molecular flexibility index (Phi) is 4.98. The van der Waals surface area contributed by atoms with Crippen LogP contribution in [0.2, 0.25) is 0 Å². The summed E-state index contributed by atoms with van der Waals surface area (Å²) in [5, 5.41) is 5.35. The molecule has 3 rings (SSSR count). The summed E-state index contributed by atoms with van der Waals surface area (Å²) in [6.07, 6.45) is 5.69. The molecule has 0 bridgehead atoms. The quantitative estimate of drug-likeness (QED) is 0.877. The molecule has 1 aliphatic rings. The van der Waals surface area contributed by atoms with Crippen molar-refractivity contribution < 1.29 is 9.53 Å². The highest BCUT2D eigenvalue weighted by Crippen LogP contribution is 2.24. The molecule has 22 heavy (non-hydrogen) atoms. The highest BCUT2D eigenvalue weighted by molar-refractivity contribution is 7.13. The van der Waals surface area contributed by atoms with Crippen LogP contribution in [0.15, 0.2) is 48.0 Å². The number of thiazole rings is 1. The van der Waals surface area contributed by atoms with Gasteiger partial charge < -0.3 is 4.74 Å². The van der Waals surface area contributed by atoms with E-state index in [0.29, 0.717) is 16.6 Å². The molecule has 1 saturated heterocycles. The summed E-state index contributed by atoms with van der Waals surface area (Å²) < 4.78 is 5.39. The minimum Gasteiger partial charge on any atom is -0.381 e. The van der Waals surface area contributed by atoms with E-state index < -0.39 is 0 Å². The number of ether oxygens (including phenoxy) is 1. The van der Waals surface area contributed by atoms with E-state index in [2.05, 4.69) is 16.4 Å². The normalized spacial score (nSPS) is 16.5. The lowest BCUT2D eigenvalue weighted by Crippen LogP contribution is -2.18. The summed E-state index contributed by atoms with van der Waals surface area (Å²) in [6, 6.07) is 9.78. The van der Waals surface area contributed by atoms with E-state index in [1.807, 2.05) is 35.7 Å². The predicted molar refractivity (Wildman–Crippen MR) is 88.7 cm³/mol. The lowest BCUT2D eigenvalue weighted by molar-refractivity contribution is -0.111. The zero-order valence-electron chi connectivity index (χ0n) is 12.2. The van der Waals surface area contributed by atoms with Gasteiger partial charge in [0.1, 0.15) is 0 Å². The molecule has 1 amide bonds. The zero-order valence-corrected chi connectivity index (χ0v) is 13.0. The molecule has 5 heteroatoms. The van der Waals surface area contributed by atoms with Crippen LogP contribution in [0.5, 0.6) is 0 Å². The summed E-state index contributed by atoms with van der Waals surface area (Å²) in [7, 11) is 0. The first-order valence-electron chi connectivity index (χ1n) is 7.39. The van der Waals surface area contributed by atoms with Crippen LogP contribution < -0.4 is 5.32 Å². The third kappa shape index (κ3) is 3.81. The van der Waals surface area contributed by atoms with Gasteiger partial charge in [-0.15, -0.1) is 11.3 Å². The second kappa shape index (κ2) is 7.33. The fourth-order valence-corrected chi connectivity index (χ4v) is 3.01. The van der Waals surface area contributed by atoms with Gasteiger partial charge in [0.15, 0.2) is 5.13 Å². The Hall–Kier alpha value is -1.98. The van der Waals surface area contributed by atoms with Crippen LogP contribution in [-0.4, -0.2) is 24.1 Å². The van der Waals surface area contributed by atoms with E-state index in [0.717, 1.165) is 31.6 Å². The average Bonchev–Trinajstić information content (AvgIpc) is 3.07. The van der Waals surface area contributed by atoms with Gasteiger partial charge in [0.25, 0.3) is 5.91 Å². The van der Waals surface area contributed by atoms with E-state index in [9.17, 15) is 4.79 Å². The van der Waals surface area contributed by atoms with Gasteiger partial charge in [0.2, 0.25) is 0 Å². The number of carbonyl (C=O) groups is 1. The topological polar surface area (TPSA) is 51.2 Å². The molecule has 4 nitrogen and oxygen atoms in total. The zero-order chi connectivity index (χ0) is 15.2. The van der Waals surface area contributed by atoms with Gasteiger partial charge in [-0.25, -0.2) is 4.98 Å². The van der Waals surface area contributed by atoms with E-state index >= 15 is 0 Å². The molecule has 1 aliphatic heterocycles. The van der Waals surface area contributed by atoms with Crippen molar-refractivity contribution in [1.29, 1.82) is 0 Å². The Labute approximate surface area is 133 Å². The highest BCUT2D eigenvalue weighted by atomic mass is 32.1. The van der Waals surface area contributed by atoms with Crippen LogP contribution in [0.4, 0.5) is 5.13 Å². The Morgan fingerprint density at radius 1 is 1.27 bits per heavy atom. The number of benzene rings is 1. The maximum atomic E-state index is 12.6. The molecule has 0 saturated carbocycles. The van der Waals surface area contributed by atoms with Crippen molar-refractivity contribution >= 4 is 27.9 Å². The summed E-state index contributed by atoms with van der Waals surface area (Å²) in [4.78, 5) is 16.8. The molecule has 0 radical (unpaired) electrons. The first-order valence-corrected chi connectivity index (χ1v) is 8.27. The number of amides is 1. The van der Waals surface area contributed by atoms with Crippen molar-refractivity contribution in [3.8, 4) is 0 Å². The van der Waals surface area contributed by atoms with Crippen LogP contribution in [0.3, 0.4) is 0 Å². The molecular weight excluding hydrogens is 296 g/mol. The van der Waals surface area contributed by atoms with Crippen molar-refractivity contribution in [3.05, 3.63) is 53.5 Å². The molecule has 0 aliphatic carbocycles. The molecule has 114 valence electrons. The summed E-state index contributed by atoms with van der Waals surface area (Å²) in [5.74, 6) is 0.277. The summed E-state index contributed by atoms with van der Waals surface area (Å²) >= 11 is 1.42. The molecule has 2 heterocycles. The average molecular weight is 314 g/mol. The smallest absolute Gasteiger partial charge is 0.257 e. The molecule has 1 aromatic heterocycles. The van der Waals surface area contributed by atoms with Crippen LogP contribution in [0, 0.1) is 5.92 Å².